The first-order chi connectivity index (χ1) is 12.1. The van der Waals surface area contributed by atoms with E-state index in [1.54, 1.807) is 7.11 Å². The highest BCUT2D eigenvalue weighted by Crippen LogP contribution is 2.28. The Hall–Kier alpha value is -0.940. The molecule has 1 saturated carbocycles. The van der Waals surface area contributed by atoms with E-state index in [4.69, 9.17) is 14.5 Å². The molecule has 0 radical (unpaired) electrons. The van der Waals surface area contributed by atoms with Crippen molar-refractivity contribution in [1.82, 2.24) is 25.0 Å². The van der Waals surface area contributed by atoms with Gasteiger partial charge in [-0.2, -0.15) is 0 Å². The molecule has 0 spiro atoms. The number of halogens is 1. The van der Waals surface area contributed by atoms with E-state index in [0.29, 0.717) is 6.54 Å². The molecule has 1 aliphatic carbocycles. The maximum atomic E-state index is 5.74. The number of aromatic nitrogens is 3. The van der Waals surface area contributed by atoms with Gasteiger partial charge in [-0.3, -0.25) is 0 Å². The molecule has 26 heavy (non-hydrogen) atoms. The first kappa shape index (κ1) is 23.1. The van der Waals surface area contributed by atoms with Crippen molar-refractivity contribution in [2.24, 2.45) is 18.0 Å². The molecule has 150 valence electrons. The number of nitrogens with one attached hydrogen (secondary N) is 1. The average molecular weight is 480 g/mol. The van der Waals surface area contributed by atoms with E-state index in [2.05, 4.69) is 20.4 Å². The Morgan fingerprint density at radius 1 is 1.35 bits per heavy atom. The molecule has 1 N–H and O–H groups in total. The zero-order valence-corrected chi connectivity index (χ0v) is 18.7. The summed E-state index contributed by atoms with van der Waals surface area (Å²) < 4.78 is 12.8. The maximum Gasteiger partial charge on any atom is 0.194 e. The van der Waals surface area contributed by atoms with Crippen LogP contribution in [0.4, 0.5) is 0 Å². The Kier molecular flexibility index (Phi) is 11.1. The molecular weight excluding hydrogens is 447 g/mol. The van der Waals surface area contributed by atoms with Crippen LogP contribution in [0.2, 0.25) is 0 Å². The Balaban J connectivity index is 0.00000338. The van der Waals surface area contributed by atoms with Gasteiger partial charge >= 0.3 is 0 Å². The highest BCUT2D eigenvalue weighted by atomic mass is 127. The normalized spacial score (nSPS) is 14.2. The summed E-state index contributed by atoms with van der Waals surface area (Å²) in [7, 11) is 5.71. The van der Waals surface area contributed by atoms with E-state index >= 15 is 0 Å². The van der Waals surface area contributed by atoms with Crippen molar-refractivity contribution in [2.45, 2.75) is 32.7 Å². The van der Waals surface area contributed by atoms with Crippen molar-refractivity contribution < 1.29 is 9.47 Å². The van der Waals surface area contributed by atoms with Gasteiger partial charge in [0.05, 0.1) is 6.61 Å². The molecule has 0 saturated heterocycles. The zero-order chi connectivity index (χ0) is 18.1. The first-order valence-electron chi connectivity index (χ1n) is 9.02. The number of hydrogen-bond donors (Lipinski definition) is 1. The highest BCUT2D eigenvalue weighted by molar-refractivity contribution is 14.0. The third-order valence-electron chi connectivity index (χ3n) is 4.34. The summed E-state index contributed by atoms with van der Waals surface area (Å²) in [6.07, 6.45) is 3.58. The van der Waals surface area contributed by atoms with Crippen LogP contribution in [0.25, 0.3) is 0 Å². The monoisotopic (exact) mass is 480 g/mol. The fourth-order valence-corrected chi connectivity index (χ4v) is 2.30. The van der Waals surface area contributed by atoms with Crippen LogP contribution in [-0.2, 0) is 23.1 Å². The van der Waals surface area contributed by atoms with E-state index in [1.165, 1.54) is 12.8 Å². The summed E-state index contributed by atoms with van der Waals surface area (Å²) in [4.78, 5) is 6.80. The van der Waals surface area contributed by atoms with Crippen LogP contribution in [0.15, 0.2) is 4.99 Å². The second-order valence-corrected chi connectivity index (χ2v) is 6.58. The van der Waals surface area contributed by atoms with Gasteiger partial charge in [-0.1, -0.05) is 0 Å². The summed E-state index contributed by atoms with van der Waals surface area (Å²) in [6.45, 7) is 6.40. The Bertz CT molecular complexity index is 547. The second-order valence-electron chi connectivity index (χ2n) is 6.58. The minimum Gasteiger partial charge on any atom is -0.385 e. The SMILES string of the molecule is COCCCNC(=NCc1nnc(C)n1C)N(C)CCOCC1CC1.I. The van der Waals surface area contributed by atoms with E-state index in [-0.39, 0.29) is 24.0 Å². The van der Waals surface area contributed by atoms with E-state index in [1.807, 2.05) is 25.6 Å². The minimum atomic E-state index is 0. The summed E-state index contributed by atoms with van der Waals surface area (Å²) >= 11 is 0. The van der Waals surface area contributed by atoms with Crippen LogP contribution in [0, 0.1) is 12.8 Å². The molecule has 9 heteroatoms. The van der Waals surface area contributed by atoms with E-state index < -0.39 is 0 Å². The average Bonchev–Trinajstić information content (AvgIpc) is 3.38. The number of aliphatic imine (C=N–C) groups is 1. The van der Waals surface area contributed by atoms with Gasteiger partial charge in [-0.25, -0.2) is 4.99 Å². The standard InChI is InChI=1S/C17H32N6O2.HI/c1-14-20-21-16(23(14)3)12-19-17(18-8-5-10-24-4)22(2)9-11-25-13-15-6-7-15;/h15H,5-13H2,1-4H3,(H,18,19);1H. The number of ether oxygens (including phenoxy) is 2. The van der Waals surface area contributed by atoms with Crippen LogP contribution in [-0.4, -0.2) is 72.7 Å². The predicted octanol–water partition coefficient (Wildman–Crippen LogP) is 1.58. The molecule has 0 atom stereocenters. The van der Waals surface area contributed by atoms with Crippen LogP contribution in [0.5, 0.6) is 0 Å². The van der Waals surface area contributed by atoms with Gasteiger partial charge in [-0.05, 0) is 32.1 Å². The van der Waals surface area contributed by atoms with Crippen molar-refractivity contribution in [3.05, 3.63) is 11.6 Å². The molecule has 1 heterocycles. The molecule has 1 aromatic heterocycles. The Labute approximate surface area is 173 Å². The van der Waals surface area contributed by atoms with Crippen molar-refractivity contribution >= 4 is 29.9 Å². The van der Waals surface area contributed by atoms with Crippen LogP contribution >= 0.6 is 24.0 Å². The van der Waals surface area contributed by atoms with Crippen LogP contribution in [0.1, 0.15) is 30.9 Å². The predicted molar refractivity (Wildman–Crippen MR) is 113 cm³/mol. The summed E-state index contributed by atoms with van der Waals surface area (Å²) in [5.74, 6) is 3.39. The molecule has 1 fully saturated rings. The number of hydrogen-bond acceptors (Lipinski definition) is 5. The van der Waals surface area contributed by atoms with Gasteiger partial charge in [0.15, 0.2) is 11.8 Å². The van der Waals surface area contributed by atoms with Gasteiger partial charge in [-0.15, -0.1) is 34.2 Å². The van der Waals surface area contributed by atoms with Crippen LogP contribution in [0.3, 0.4) is 0 Å². The lowest BCUT2D eigenvalue weighted by atomic mass is 10.4. The smallest absolute Gasteiger partial charge is 0.194 e. The molecule has 8 nitrogen and oxygen atoms in total. The number of likely N-dealkylation sites (N-methyl/N-ethyl adjacent to an activating group) is 1. The summed E-state index contributed by atoms with van der Waals surface area (Å²) in [6, 6.07) is 0. The molecule has 1 aliphatic rings. The number of nitrogens with zero attached hydrogens (tertiary/aromatic N) is 5. The van der Waals surface area contributed by atoms with E-state index in [0.717, 1.165) is 62.9 Å². The number of methoxy groups -OCH3 is 1. The van der Waals surface area contributed by atoms with Crippen molar-refractivity contribution in [3.63, 3.8) is 0 Å². The number of aryl methyl sites for hydroxylation is 1. The quantitative estimate of drug-likeness (QED) is 0.224. The molecule has 2 rings (SSSR count). The number of rotatable bonds is 11. The molecular formula is C17H33IN6O2. The lowest BCUT2D eigenvalue weighted by molar-refractivity contribution is 0.115. The number of guanidine groups is 1. The van der Waals surface area contributed by atoms with Crippen molar-refractivity contribution in [1.29, 1.82) is 0 Å². The fraction of sp³-hybridized carbons (Fsp3) is 0.824. The van der Waals surface area contributed by atoms with Gasteiger partial charge < -0.3 is 24.3 Å². The Morgan fingerprint density at radius 3 is 2.73 bits per heavy atom. The molecule has 0 aliphatic heterocycles. The molecule has 0 aromatic carbocycles. The largest absolute Gasteiger partial charge is 0.385 e. The molecule has 0 unspecified atom stereocenters. The third-order valence-corrected chi connectivity index (χ3v) is 4.34. The fourth-order valence-electron chi connectivity index (χ4n) is 2.30. The molecule has 0 amide bonds. The van der Waals surface area contributed by atoms with Gasteiger partial charge in [0, 0.05) is 47.5 Å². The zero-order valence-electron chi connectivity index (χ0n) is 16.4. The Morgan fingerprint density at radius 2 is 2.12 bits per heavy atom. The highest BCUT2D eigenvalue weighted by Gasteiger charge is 2.21. The lowest BCUT2D eigenvalue weighted by Gasteiger charge is -2.22. The summed E-state index contributed by atoms with van der Waals surface area (Å²) in [5, 5.41) is 11.7. The van der Waals surface area contributed by atoms with Crippen LogP contribution < -0.4 is 5.32 Å². The van der Waals surface area contributed by atoms with Gasteiger partial charge in [0.25, 0.3) is 0 Å². The first-order valence-corrected chi connectivity index (χ1v) is 9.02. The van der Waals surface area contributed by atoms with Gasteiger partial charge in [0.1, 0.15) is 12.4 Å². The van der Waals surface area contributed by atoms with Crippen molar-refractivity contribution in [3.8, 4) is 0 Å². The second kappa shape index (κ2) is 12.4. The van der Waals surface area contributed by atoms with E-state index in [9.17, 15) is 0 Å². The third kappa shape index (κ3) is 8.17. The molecule has 1 aromatic rings. The van der Waals surface area contributed by atoms with Crippen molar-refractivity contribution in [2.75, 3.05) is 47.1 Å². The lowest BCUT2D eigenvalue weighted by Crippen LogP contribution is -2.41. The van der Waals surface area contributed by atoms with Gasteiger partial charge in [0.2, 0.25) is 0 Å². The summed E-state index contributed by atoms with van der Waals surface area (Å²) in [5.41, 5.74) is 0. The topological polar surface area (TPSA) is 76.8 Å². The maximum absolute atomic E-state index is 5.74. The minimum absolute atomic E-state index is 0. The molecule has 0 bridgehead atoms.